The first kappa shape index (κ1) is 14.7. The Balaban J connectivity index is 1.70. The number of nitrogens with one attached hydrogen (secondary N) is 1. The smallest absolute Gasteiger partial charge is 0.216 e. The van der Waals surface area contributed by atoms with Crippen LogP contribution in [0.25, 0.3) is 10.9 Å². The highest BCUT2D eigenvalue weighted by atomic mass is 32.2. The van der Waals surface area contributed by atoms with Crippen LogP contribution < -0.4 is 4.72 Å². The second-order valence-electron chi connectivity index (χ2n) is 5.06. The maximum absolute atomic E-state index is 12.1. The molecule has 0 bridgehead atoms. The molecule has 0 unspecified atom stereocenters. The second-order valence-corrected chi connectivity index (χ2v) is 6.87. The van der Waals surface area contributed by atoms with Crippen molar-refractivity contribution >= 4 is 20.9 Å². The van der Waals surface area contributed by atoms with Crippen molar-refractivity contribution in [2.75, 3.05) is 0 Å². The van der Waals surface area contributed by atoms with Crippen LogP contribution in [0, 0.1) is 0 Å². The summed E-state index contributed by atoms with van der Waals surface area (Å²) in [4.78, 5) is 4.46. The molecule has 0 amide bonds. The van der Waals surface area contributed by atoms with E-state index in [1.54, 1.807) is 12.1 Å². The van der Waals surface area contributed by atoms with Gasteiger partial charge in [-0.1, -0.05) is 54.6 Å². The van der Waals surface area contributed by atoms with Gasteiger partial charge >= 0.3 is 0 Å². The normalized spacial score (nSPS) is 11.6. The fraction of sp³-hybridized carbons (Fsp3) is 0.118. The molecule has 0 radical (unpaired) electrons. The Labute approximate surface area is 129 Å². The van der Waals surface area contributed by atoms with E-state index in [0.29, 0.717) is 5.69 Å². The van der Waals surface area contributed by atoms with Gasteiger partial charge in [-0.15, -0.1) is 0 Å². The van der Waals surface area contributed by atoms with Crippen LogP contribution in [0.5, 0.6) is 0 Å². The summed E-state index contributed by atoms with van der Waals surface area (Å²) in [5, 5.41) is 1.04. The molecule has 1 heterocycles. The van der Waals surface area contributed by atoms with E-state index in [1.165, 1.54) is 0 Å². The van der Waals surface area contributed by atoms with Crippen LogP contribution in [0.15, 0.2) is 66.7 Å². The molecule has 0 spiro atoms. The molecule has 1 aromatic heterocycles. The number of pyridine rings is 1. The van der Waals surface area contributed by atoms with Gasteiger partial charge in [-0.25, -0.2) is 13.1 Å². The summed E-state index contributed by atoms with van der Waals surface area (Å²) in [6.07, 6.45) is 0. The molecule has 0 aliphatic rings. The van der Waals surface area contributed by atoms with Crippen molar-refractivity contribution in [3.8, 4) is 0 Å². The first-order valence-electron chi connectivity index (χ1n) is 6.98. The minimum absolute atomic E-state index is 0.0264. The number of rotatable bonds is 5. The average molecular weight is 312 g/mol. The van der Waals surface area contributed by atoms with Gasteiger partial charge in [-0.05, 0) is 17.7 Å². The summed E-state index contributed by atoms with van der Waals surface area (Å²) >= 11 is 0. The van der Waals surface area contributed by atoms with Crippen molar-refractivity contribution in [2.45, 2.75) is 12.3 Å². The molecule has 5 heteroatoms. The van der Waals surface area contributed by atoms with Crippen LogP contribution in [0.2, 0.25) is 0 Å². The van der Waals surface area contributed by atoms with E-state index in [4.69, 9.17) is 0 Å². The predicted molar refractivity (Wildman–Crippen MR) is 87.6 cm³/mol. The van der Waals surface area contributed by atoms with Crippen molar-refractivity contribution in [1.29, 1.82) is 0 Å². The fourth-order valence-electron chi connectivity index (χ4n) is 2.24. The standard InChI is InChI=1S/C17H16N2O2S/c20-22(21,13-14-6-2-1-3-7-14)18-12-16-11-10-15-8-4-5-9-17(15)19-16/h1-11,18H,12-13H2. The summed E-state index contributed by atoms with van der Waals surface area (Å²) in [5.74, 6) is -0.0264. The number of para-hydroxylation sites is 1. The molecule has 112 valence electrons. The molecule has 0 saturated carbocycles. The molecular weight excluding hydrogens is 296 g/mol. The van der Waals surface area contributed by atoms with E-state index in [-0.39, 0.29) is 12.3 Å². The Morgan fingerprint density at radius 2 is 1.59 bits per heavy atom. The Morgan fingerprint density at radius 3 is 2.41 bits per heavy atom. The van der Waals surface area contributed by atoms with E-state index in [2.05, 4.69) is 9.71 Å². The highest BCUT2D eigenvalue weighted by Gasteiger charge is 2.11. The van der Waals surface area contributed by atoms with Crippen molar-refractivity contribution in [3.05, 3.63) is 78.0 Å². The predicted octanol–water partition coefficient (Wildman–Crippen LogP) is 2.85. The van der Waals surface area contributed by atoms with Crippen LogP contribution in [-0.2, 0) is 22.3 Å². The van der Waals surface area contributed by atoms with Crippen LogP contribution in [0.4, 0.5) is 0 Å². The van der Waals surface area contributed by atoms with E-state index in [9.17, 15) is 8.42 Å². The van der Waals surface area contributed by atoms with Gasteiger partial charge < -0.3 is 0 Å². The fourth-order valence-corrected chi connectivity index (χ4v) is 3.34. The van der Waals surface area contributed by atoms with Crippen molar-refractivity contribution in [1.82, 2.24) is 9.71 Å². The summed E-state index contributed by atoms with van der Waals surface area (Å²) in [7, 11) is -3.38. The lowest BCUT2D eigenvalue weighted by Crippen LogP contribution is -2.25. The number of nitrogens with zero attached hydrogens (tertiary/aromatic N) is 1. The molecule has 0 atom stereocenters. The van der Waals surface area contributed by atoms with Crippen LogP contribution in [-0.4, -0.2) is 13.4 Å². The highest BCUT2D eigenvalue weighted by Crippen LogP contribution is 2.12. The number of sulfonamides is 1. The van der Waals surface area contributed by atoms with Crippen LogP contribution >= 0.6 is 0 Å². The topological polar surface area (TPSA) is 59.1 Å². The Morgan fingerprint density at radius 1 is 0.864 bits per heavy atom. The maximum atomic E-state index is 12.1. The number of hydrogen-bond donors (Lipinski definition) is 1. The van der Waals surface area contributed by atoms with E-state index < -0.39 is 10.0 Å². The van der Waals surface area contributed by atoms with Gasteiger partial charge in [0.2, 0.25) is 10.0 Å². The van der Waals surface area contributed by atoms with E-state index in [0.717, 1.165) is 16.5 Å². The monoisotopic (exact) mass is 312 g/mol. The van der Waals surface area contributed by atoms with Gasteiger partial charge in [-0.3, -0.25) is 4.98 Å². The molecule has 3 rings (SSSR count). The van der Waals surface area contributed by atoms with Gasteiger partial charge in [-0.2, -0.15) is 0 Å². The number of benzene rings is 2. The third-order valence-electron chi connectivity index (χ3n) is 3.33. The largest absolute Gasteiger partial charge is 0.251 e. The summed E-state index contributed by atoms with van der Waals surface area (Å²) < 4.78 is 26.8. The second kappa shape index (κ2) is 6.25. The van der Waals surface area contributed by atoms with Gasteiger partial charge in [0.05, 0.1) is 23.5 Å². The number of hydrogen-bond acceptors (Lipinski definition) is 3. The Bertz CT molecular complexity index is 877. The molecule has 0 aliphatic carbocycles. The van der Waals surface area contributed by atoms with E-state index in [1.807, 2.05) is 54.6 Å². The molecule has 2 aromatic carbocycles. The third kappa shape index (κ3) is 3.69. The molecule has 4 nitrogen and oxygen atoms in total. The van der Waals surface area contributed by atoms with E-state index >= 15 is 0 Å². The lowest BCUT2D eigenvalue weighted by Gasteiger charge is -2.07. The summed E-state index contributed by atoms with van der Waals surface area (Å²) in [5.41, 5.74) is 2.33. The maximum Gasteiger partial charge on any atom is 0.216 e. The number of fused-ring (bicyclic) bond motifs is 1. The minimum atomic E-state index is -3.38. The Hall–Kier alpha value is -2.24. The van der Waals surface area contributed by atoms with Crippen LogP contribution in [0.3, 0.4) is 0 Å². The van der Waals surface area contributed by atoms with Gasteiger partial charge in [0.25, 0.3) is 0 Å². The molecule has 1 N–H and O–H groups in total. The van der Waals surface area contributed by atoms with Crippen molar-refractivity contribution in [3.63, 3.8) is 0 Å². The quantitative estimate of drug-likeness (QED) is 0.788. The first-order valence-corrected chi connectivity index (χ1v) is 8.63. The zero-order valence-corrected chi connectivity index (χ0v) is 12.8. The zero-order valence-electron chi connectivity index (χ0n) is 11.9. The zero-order chi connectivity index (χ0) is 15.4. The number of aromatic nitrogens is 1. The highest BCUT2D eigenvalue weighted by molar-refractivity contribution is 7.88. The molecule has 0 aliphatic heterocycles. The lowest BCUT2D eigenvalue weighted by molar-refractivity contribution is 0.579. The lowest BCUT2D eigenvalue weighted by atomic mass is 10.2. The minimum Gasteiger partial charge on any atom is -0.251 e. The van der Waals surface area contributed by atoms with Gasteiger partial charge in [0, 0.05) is 5.39 Å². The molecule has 3 aromatic rings. The Kier molecular flexibility index (Phi) is 4.18. The molecular formula is C17H16N2O2S. The first-order chi connectivity index (χ1) is 10.6. The van der Waals surface area contributed by atoms with Crippen molar-refractivity contribution in [2.24, 2.45) is 0 Å². The van der Waals surface area contributed by atoms with Gasteiger partial charge in [0.1, 0.15) is 0 Å². The molecule has 22 heavy (non-hydrogen) atoms. The van der Waals surface area contributed by atoms with Crippen LogP contribution in [0.1, 0.15) is 11.3 Å². The SMILES string of the molecule is O=S(=O)(Cc1ccccc1)NCc1ccc2ccccc2n1. The summed E-state index contributed by atoms with van der Waals surface area (Å²) in [6, 6.07) is 20.7. The van der Waals surface area contributed by atoms with Crippen molar-refractivity contribution < 1.29 is 8.42 Å². The third-order valence-corrected chi connectivity index (χ3v) is 4.63. The molecule has 0 fully saturated rings. The average Bonchev–Trinajstić information content (AvgIpc) is 2.53. The molecule has 0 saturated heterocycles. The van der Waals surface area contributed by atoms with Gasteiger partial charge in [0.15, 0.2) is 0 Å². The summed E-state index contributed by atoms with van der Waals surface area (Å²) in [6.45, 7) is 0.194.